The maximum absolute atomic E-state index is 13.3. The largest absolute Gasteiger partial charge is 0.461 e. The molecule has 2 fully saturated rings. The van der Waals surface area contributed by atoms with Crippen LogP contribution in [0.1, 0.15) is 99.8 Å². The number of hydrogen-bond acceptors (Lipinski definition) is 8. The molecule has 0 atom stereocenters. The molecule has 0 N–H and O–H groups in total. The first kappa shape index (κ1) is 38.9. The zero-order valence-corrected chi connectivity index (χ0v) is 31.4. The van der Waals surface area contributed by atoms with Crippen LogP contribution in [0.25, 0.3) is 0 Å². The molecule has 0 spiro atoms. The van der Waals surface area contributed by atoms with Crippen LogP contribution in [0.15, 0.2) is 12.1 Å². The van der Waals surface area contributed by atoms with Crippen LogP contribution in [0, 0.1) is 22.7 Å². The topological polar surface area (TPSA) is 105 Å². The van der Waals surface area contributed by atoms with Gasteiger partial charge in [-0.1, -0.05) is 110 Å². The van der Waals surface area contributed by atoms with Crippen molar-refractivity contribution < 1.29 is 38.1 Å². The Morgan fingerprint density at radius 2 is 0.958 bits per heavy atom. The van der Waals surface area contributed by atoms with Crippen molar-refractivity contribution in [3.05, 3.63) is 53.4 Å². The van der Waals surface area contributed by atoms with Gasteiger partial charge >= 0.3 is 23.9 Å². The Kier molecular flexibility index (Phi) is 12.9. The quantitative estimate of drug-likeness (QED) is 0.0907. The van der Waals surface area contributed by atoms with Gasteiger partial charge < -0.3 is 18.9 Å². The maximum atomic E-state index is 13.3. The number of hydrogen-bond donors (Lipinski definition) is 0. The van der Waals surface area contributed by atoms with Gasteiger partial charge in [0.15, 0.2) is 11.5 Å². The Hall–Kier alpha value is -1.94. The molecule has 2 aliphatic rings. The van der Waals surface area contributed by atoms with Gasteiger partial charge in [0.05, 0.1) is 43.3 Å². The van der Waals surface area contributed by atoms with Crippen molar-refractivity contribution in [2.75, 3.05) is 13.2 Å². The number of carbonyl (C=O) groups excluding carboxylic acids is 4. The third-order valence-corrected chi connectivity index (χ3v) is 11.1. The molecule has 14 heteroatoms. The first-order valence-electron chi connectivity index (χ1n) is 15.7. The summed E-state index contributed by atoms with van der Waals surface area (Å²) in [5.41, 5.74) is -1.25. The van der Waals surface area contributed by atoms with Crippen molar-refractivity contribution in [3.63, 3.8) is 0 Å². The van der Waals surface area contributed by atoms with Gasteiger partial charge in [0.25, 0.3) is 0 Å². The van der Waals surface area contributed by atoms with E-state index in [9.17, 15) is 19.2 Å². The summed E-state index contributed by atoms with van der Waals surface area (Å²) >= 11 is 37.7. The van der Waals surface area contributed by atoms with E-state index in [2.05, 4.69) is 13.8 Å². The highest BCUT2D eigenvalue weighted by molar-refractivity contribution is 6.47. The van der Waals surface area contributed by atoms with Crippen LogP contribution in [0.4, 0.5) is 0 Å². The highest BCUT2D eigenvalue weighted by Gasteiger charge is 2.44. The molecule has 262 valence electrons. The Morgan fingerprint density at radius 3 is 1.25 bits per heavy atom. The minimum Gasteiger partial charge on any atom is -0.461 e. The summed E-state index contributed by atoms with van der Waals surface area (Å²) in [6.45, 7) is 8.55. The SMILES string of the molecule is CCCC1(COC(=O)c2c(Cl)c(Cl)cc(Cl)c2OC(=O)C(=O)Oc2c(Cl)cc(Cl)c(Cl)c2C(=O)OCC2(CCC)CC(C)C2)CC(C)C1. The standard InChI is InChI=1S/C34H36Cl6O8/c1-5-7-33(11-17(3)12-33)15-45-29(41)23-25(39)19(35)9-21(37)27(23)47-31(43)32(44)48-28-22(38)10-20(36)26(40)24(28)30(42)46-16-34(8-6-2)13-18(4)14-34/h9-10,17-18H,5-8,11-16H2,1-4H3. The van der Waals surface area contributed by atoms with Crippen LogP contribution < -0.4 is 9.47 Å². The van der Waals surface area contributed by atoms with Crippen LogP contribution in [0.5, 0.6) is 11.5 Å². The number of carbonyl (C=O) groups is 4. The smallest absolute Gasteiger partial charge is 0.423 e. The summed E-state index contributed by atoms with van der Waals surface area (Å²) in [4.78, 5) is 52.8. The van der Waals surface area contributed by atoms with Crippen LogP contribution in [0.3, 0.4) is 0 Å². The second-order valence-electron chi connectivity index (χ2n) is 13.2. The van der Waals surface area contributed by atoms with E-state index in [-0.39, 0.29) is 54.2 Å². The summed E-state index contributed by atoms with van der Waals surface area (Å²) in [6, 6.07) is 2.28. The second kappa shape index (κ2) is 15.9. The van der Waals surface area contributed by atoms with E-state index in [4.69, 9.17) is 88.6 Å². The molecule has 4 rings (SSSR count). The number of ether oxygens (including phenoxy) is 4. The molecule has 0 unspecified atom stereocenters. The lowest BCUT2D eigenvalue weighted by Crippen LogP contribution is -2.40. The molecule has 2 aromatic rings. The van der Waals surface area contributed by atoms with Gasteiger partial charge in [-0.05, 0) is 62.5 Å². The molecular weight excluding hydrogens is 749 g/mol. The number of halogens is 6. The van der Waals surface area contributed by atoms with Crippen molar-refractivity contribution in [1.82, 2.24) is 0 Å². The van der Waals surface area contributed by atoms with E-state index in [0.29, 0.717) is 11.8 Å². The van der Waals surface area contributed by atoms with Crippen molar-refractivity contribution in [1.29, 1.82) is 0 Å². The first-order chi connectivity index (χ1) is 22.6. The maximum Gasteiger partial charge on any atom is 0.423 e. The van der Waals surface area contributed by atoms with E-state index in [1.807, 2.05) is 13.8 Å². The predicted molar refractivity (Wildman–Crippen MR) is 186 cm³/mol. The van der Waals surface area contributed by atoms with E-state index in [1.165, 1.54) is 0 Å². The van der Waals surface area contributed by atoms with Crippen molar-refractivity contribution in [2.24, 2.45) is 22.7 Å². The molecule has 0 bridgehead atoms. The normalized spacial score (nSPS) is 23.0. The van der Waals surface area contributed by atoms with Gasteiger partial charge in [-0.2, -0.15) is 0 Å². The molecular formula is C34H36Cl6O8. The molecule has 0 radical (unpaired) electrons. The first-order valence-corrected chi connectivity index (χ1v) is 18.0. The second-order valence-corrected chi connectivity index (χ2v) is 15.6. The van der Waals surface area contributed by atoms with E-state index < -0.39 is 46.5 Å². The summed E-state index contributed by atoms with van der Waals surface area (Å²) in [5, 5.41) is -1.43. The fourth-order valence-corrected chi connectivity index (χ4v) is 8.70. The van der Waals surface area contributed by atoms with Crippen LogP contribution in [0.2, 0.25) is 30.1 Å². The minimum absolute atomic E-state index is 0.104. The number of esters is 4. The summed E-state index contributed by atoms with van der Waals surface area (Å²) in [7, 11) is 0. The van der Waals surface area contributed by atoms with Crippen LogP contribution in [-0.2, 0) is 19.1 Å². The van der Waals surface area contributed by atoms with E-state index in [0.717, 1.165) is 63.5 Å². The van der Waals surface area contributed by atoms with Gasteiger partial charge in [0.1, 0.15) is 11.1 Å². The average Bonchev–Trinajstić information content (AvgIpc) is 2.98. The summed E-state index contributed by atoms with van der Waals surface area (Å²) in [5.74, 6) is -5.31. The van der Waals surface area contributed by atoms with Crippen molar-refractivity contribution in [2.45, 2.75) is 79.1 Å². The predicted octanol–water partition coefficient (Wildman–Crippen LogP) is 10.9. The third-order valence-electron chi connectivity index (χ3n) is 8.92. The lowest BCUT2D eigenvalue weighted by molar-refractivity contribution is -0.156. The van der Waals surface area contributed by atoms with Gasteiger partial charge in [-0.25, -0.2) is 19.2 Å². The van der Waals surface area contributed by atoms with E-state index in [1.54, 1.807) is 0 Å². The third kappa shape index (κ3) is 8.50. The lowest BCUT2D eigenvalue weighted by Gasteiger charge is -2.46. The van der Waals surface area contributed by atoms with Crippen LogP contribution in [-0.4, -0.2) is 37.1 Å². The molecule has 0 saturated heterocycles. The minimum atomic E-state index is -1.63. The molecule has 0 heterocycles. The molecule has 0 aromatic heterocycles. The molecule has 2 aromatic carbocycles. The Labute approximate surface area is 309 Å². The lowest BCUT2D eigenvalue weighted by atomic mass is 9.61. The van der Waals surface area contributed by atoms with Gasteiger partial charge in [0.2, 0.25) is 0 Å². The highest BCUT2D eigenvalue weighted by atomic mass is 35.5. The molecule has 0 aliphatic heterocycles. The molecule has 8 nitrogen and oxygen atoms in total. The average molecular weight is 785 g/mol. The highest BCUT2D eigenvalue weighted by Crippen LogP contribution is 2.51. The zero-order valence-electron chi connectivity index (χ0n) is 26.9. The number of benzene rings is 2. The molecule has 0 amide bonds. The van der Waals surface area contributed by atoms with Crippen molar-refractivity contribution in [3.8, 4) is 11.5 Å². The monoisotopic (exact) mass is 782 g/mol. The zero-order chi connectivity index (χ0) is 35.6. The van der Waals surface area contributed by atoms with E-state index >= 15 is 0 Å². The Morgan fingerprint density at radius 1 is 0.625 bits per heavy atom. The Bertz CT molecular complexity index is 1470. The number of rotatable bonds is 12. The molecule has 2 saturated carbocycles. The van der Waals surface area contributed by atoms with Gasteiger partial charge in [-0.3, -0.25) is 0 Å². The molecule has 48 heavy (non-hydrogen) atoms. The fraction of sp³-hybridized carbons (Fsp3) is 0.529. The molecule has 2 aliphatic carbocycles. The van der Waals surface area contributed by atoms with Crippen LogP contribution >= 0.6 is 69.6 Å². The summed E-state index contributed by atoms with van der Waals surface area (Å²) in [6.07, 6.45) is 7.06. The van der Waals surface area contributed by atoms with Gasteiger partial charge in [-0.15, -0.1) is 0 Å². The Balaban J connectivity index is 1.55. The van der Waals surface area contributed by atoms with Gasteiger partial charge in [0, 0.05) is 10.8 Å². The summed E-state index contributed by atoms with van der Waals surface area (Å²) < 4.78 is 21.7. The fourth-order valence-electron chi connectivity index (χ4n) is 7.26. The van der Waals surface area contributed by atoms with Crippen molar-refractivity contribution >= 4 is 93.5 Å².